The zero-order valence-electron chi connectivity index (χ0n) is 13.6. The molecule has 1 atom stereocenters. The Morgan fingerprint density at radius 3 is 1.70 bits per heavy atom. The minimum Gasteiger partial charge on any atom is -0.392 e. The van der Waals surface area contributed by atoms with E-state index < -0.39 is 13.8 Å². The van der Waals surface area contributed by atoms with Crippen LogP contribution in [0.15, 0.2) is 84.9 Å². The minimum absolute atomic E-state index is 0.408. The van der Waals surface area contributed by atoms with Gasteiger partial charge in [0.15, 0.2) is 0 Å². The molecule has 23 heavy (non-hydrogen) atoms. The van der Waals surface area contributed by atoms with Crippen molar-refractivity contribution < 1.29 is 5.11 Å². The van der Waals surface area contributed by atoms with Gasteiger partial charge in [0.25, 0.3) is 0 Å². The van der Waals surface area contributed by atoms with E-state index >= 15 is 0 Å². The molecule has 0 aliphatic heterocycles. The Morgan fingerprint density at radius 1 is 0.652 bits per heavy atom. The third kappa shape index (κ3) is 3.28. The van der Waals surface area contributed by atoms with E-state index in [0.29, 0.717) is 0 Å². The molecule has 3 aromatic carbocycles. The van der Waals surface area contributed by atoms with Gasteiger partial charge in [-0.2, -0.15) is 0 Å². The Morgan fingerprint density at radius 2 is 1.13 bits per heavy atom. The maximum absolute atomic E-state index is 10.9. The molecule has 0 amide bonds. The highest BCUT2D eigenvalue weighted by atomic mass is 28.3. The fourth-order valence-corrected chi connectivity index (χ4v) is 5.32. The Labute approximate surface area is 139 Å². The van der Waals surface area contributed by atoms with E-state index in [1.807, 2.05) is 24.3 Å². The molecule has 0 radical (unpaired) electrons. The van der Waals surface area contributed by atoms with Crippen molar-refractivity contribution in [2.24, 2.45) is 0 Å². The molecule has 0 aromatic heterocycles. The number of aliphatic hydroxyl groups excluding tert-OH is 1. The number of rotatable bonds is 4. The lowest BCUT2D eigenvalue weighted by Crippen LogP contribution is -2.47. The molecule has 0 heterocycles. The summed E-state index contributed by atoms with van der Waals surface area (Å²) in [6, 6.07) is 29.0. The van der Waals surface area contributed by atoms with Crippen molar-refractivity contribution in [3.63, 3.8) is 0 Å². The summed E-state index contributed by atoms with van der Waals surface area (Å²) in [5, 5.41) is 12.2. The summed E-state index contributed by atoms with van der Waals surface area (Å²) in [6.45, 7) is 4.44. The first-order valence-electron chi connectivity index (χ1n) is 7.98. The Kier molecular flexibility index (Phi) is 4.46. The van der Waals surface area contributed by atoms with Gasteiger partial charge < -0.3 is 5.11 Å². The first-order chi connectivity index (χ1) is 11.1. The second kappa shape index (κ2) is 6.53. The van der Waals surface area contributed by atoms with Gasteiger partial charge >= 0.3 is 0 Å². The Balaban J connectivity index is 1.87. The zero-order chi connectivity index (χ0) is 16.3. The standard InChI is InChI=1S/C21H22OSi/c1-23(2,20-11-7-4-8-12-20)21(22)19-15-13-18(14-16-19)17-9-5-3-6-10-17/h3-16,21-22H,1-2H3/t21-/m1/s1. The molecule has 0 aliphatic carbocycles. The normalized spacial score (nSPS) is 12.8. The van der Waals surface area contributed by atoms with Crippen molar-refractivity contribution in [2.75, 3.05) is 0 Å². The third-order valence-electron chi connectivity index (χ3n) is 4.53. The van der Waals surface area contributed by atoms with Gasteiger partial charge in [0.2, 0.25) is 0 Å². The molecule has 2 heteroatoms. The molecule has 3 aromatic rings. The van der Waals surface area contributed by atoms with E-state index in [0.717, 1.165) is 5.56 Å². The summed E-state index contributed by atoms with van der Waals surface area (Å²) < 4.78 is 0. The molecule has 3 rings (SSSR count). The van der Waals surface area contributed by atoms with Crippen LogP contribution in [0.4, 0.5) is 0 Å². The summed E-state index contributed by atoms with van der Waals surface area (Å²) in [4.78, 5) is 0. The van der Waals surface area contributed by atoms with Gasteiger partial charge in [-0.15, -0.1) is 0 Å². The van der Waals surface area contributed by atoms with Crippen LogP contribution in [-0.2, 0) is 0 Å². The number of hydrogen-bond acceptors (Lipinski definition) is 1. The van der Waals surface area contributed by atoms with Crippen LogP contribution >= 0.6 is 0 Å². The van der Waals surface area contributed by atoms with Crippen LogP contribution in [0, 0.1) is 0 Å². The van der Waals surface area contributed by atoms with Gasteiger partial charge in [0.1, 0.15) is 8.07 Å². The van der Waals surface area contributed by atoms with Crippen LogP contribution in [0.25, 0.3) is 11.1 Å². The van der Waals surface area contributed by atoms with Crippen LogP contribution in [0.1, 0.15) is 11.3 Å². The first-order valence-corrected chi connectivity index (χ1v) is 11.1. The topological polar surface area (TPSA) is 20.2 Å². The van der Waals surface area contributed by atoms with Gasteiger partial charge in [0, 0.05) is 0 Å². The van der Waals surface area contributed by atoms with E-state index in [9.17, 15) is 5.11 Å². The quantitative estimate of drug-likeness (QED) is 0.700. The van der Waals surface area contributed by atoms with Gasteiger partial charge in [-0.05, 0) is 16.7 Å². The van der Waals surface area contributed by atoms with Crippen LogP contribution in [0.3, 0.4) is 0 Å². The lowest BCUT2D eigenvalue weighted by atomic mass is 10.0. The number of benzene rings is 3. The lowest BCUT2D eigenvalue weighted by Gasteiger charge is -2.29. The molecule has 0 aliphatic rings. The van der Waals surface area contributed by atoms with Crippen LogP contribution in [0.5, 0.6) is 0 Å². The second-order valence-corrected chi connectivity index (χ2v) is 11.0. The molecule has 1 nitrogen and oxygen atoms in total. The second-order valence-electron chi connectivity index (χ2n) is 6.48. The molecular formula is C21H22OSi. The predicted molar refractivity (Wildman–Crippen MR) is 100 cm³/mol. The predicted octanol–water partition coefficient (Wildman–Crippen LogP) is 4.54. The van der Waals surface area contributed by atoms with Crippen molar-refractivity contribution in [3.05, 3.63) is 90.5 Å². The molecule has 0 fully saturated rings. The highest BCUT2D eigenvalue weighted by Gasteiger charge is 2.33. The lowest BCUT2D eigenvalue weighted by molar-refractivity contribution is 0.251. The smallest absolute Gasteiger partial charge is 0.118 e. The van der Waals surface area contributed by atoms with Crippen LogP contribution < -0.4 is 5.19 Å². The van der Waals surface area contributed by atoms with Gasteiger partial charge in [-0.25, -0.2) is 0 Å². The van der Waals surface area contributed by atoms with E-state index in [2.05, 4.69) is 73.8 Å². The monoisotopic (exact) mass is 318 g/mol. The van der Waals surface area contributed by atoms with Gasteiger partial charge in [-0.1, -0.05) is 103 Å². The van der Waals surface area contributed by atoms with E-state index in [1.54, 1.807) is 0 Å². The average molecular weight is 318 g/mol. The van der Waals surface area contributed by atoms with Crippen molar-refractivity contribution in [3.8, 4) is 11.1 Å². The number of hydrogen-bond donors (Lipinski definition) is 1. The molecule has 0 unspecified atom stereocenters. The SMILES string of the molecule is C[Si](C)(c1ccccc1)[C@@H](O)c1ccc(-c2ccccc2)cc1. The highest BCUT2D eigenvalue weighted by Crippen LogP contribution is 2.27. The maximum Gasteiger partial charge on any atom is 0.118 e. The molecule has 0 saturated heterocycles. The van der Waals surface area contributed by atoms with Crippen molar-refractivity contribution >= 4 is 13.3 Å². The van der Waals surface area contributed by atoms with Gasteiger partial charge in [0.05, 0.1) is 5.73 Å². The Hall–Kier alpha value is -2.16. The Bertz CT molecular complexity index is 749. The van der Waals surface area contributed by atoms with E-state index in [-0.39, 0.29) is 0 Å². The first kappa shape index (κ1) is 15.7. The maximum atomic E-state index is 10.9. The van der Waals surface area contributed by atoms with Crippen LogP contribution in [-0.4, -0.2) is 13.2 Å². The largest absolute Gasteiger partial charge is 0.392 e. The average Bonchev–Trinajstić information content (AvgIpc) is 2.63. The molecule has 1 N–H and O–H groups in total. The molecule has 0 bridgehead atoms. The summed E-state index contributed by atoms with van der Waals surface area (Å²) in [6.07, 6.45) is 0. The fraction of sp³-hybridized carbons (Fsp3) is 0.143. The summed E-state index contributed by atoms with van der Waals surface area (Å²) >= 11 is 0. The zero-order valence-corrected chi connectivity index (χ0v) is 14.6. The third-order valence-corrected chi connectivity index (χ3v) is 8.06. The molecule has 116 valence electrons. The molecule has 0 spiro atoms. The summed E-state index contributed by atoms with van der Waals surface area (Å²) in [5.74, 6) is 0. The number of aliphatic hydroxyl groups is 1. The molecule has 0 saturated carbocycles. The summed E-state index contributed by atoms with van der Waals surface area (Å²) in [7, 11) is -1.96. The van der Waals surface area contributed by atoms with E-state index in [4.69, 9.17) is 0 Å². The fourth-order valence-electron chi connectivity index (χ4n) is 2.93. The minimum atomic E-state index is -1.96. The highest BCUT2D eigenvalue weighted by molar-refractivity contribution is 6.90. The van der Waals surface area contributed by atoms with Crippen molar-refractivity contribution in [1.82, 2.24) is 0 Å². The summed E-state index contributed by atoms with van der Waals surface area (Å²) in [5.41, 5.74) is 2.98. The van der Waals surface area contributed by atoms with Crippen molar-refractivity contribution in [2.45, 2.75) is 18.8 Å². The van der Waals surface area contributed by atoms with Crippen molar-refractivity contribution in [1.29, 1.82) is 0 Å². The van der Waals surface area contributed by atoms with Gasteiger partial charge in [-0.3, -0.25) is 0 Å². The molecular weight excluding hydrogens is 296 g/mol. The van der Waals surface area contributed by atoms with Crippen LogP contribution in [0.2, 0.25) is 13.1 Å². The van der Waals surface area contributed by atoms with E-state index in [1.165, 1.54) is 16.3 Å².